The number of aromatic nitrogens is 2. The topological polar surface area (TPSA) is 56.1 Å². The molecule has 0 spiro atoms. The van der Waals surface area contributed by atoms with Gasteiger partial charge in [0.05, 0.1) is 29.0 Å². The van der Waals surface area contributed by atoms with Crippen molar-refractivity contribution in [3.8, 4) is 11.4 Å². The molecule has 0 radical (unpaired) electrons. The second-order valence-electron chi connectivity index (χ2n) is 6.16. The van der Waals surface area contributed by atoms with Gasteiger partial charge in [0.15, 0.2) is 0 Å². The number of amides is 1. The highest BCUT2D eigenvalue weighted by Crippen LogP contribution is 2.46. The predicted molar refractivity (Wildman–Crippen MR) is 107 cm³/mol. The number of ether oxygens (including phenoxy) is 1. The summed E-state index contributed by atoms with van der Waals surface area (Å²) in [7, 11) is 1.64. The molecule has 3 heterocycles. The zero-order valence-corrected chi connectivity index (χ0v) is 16.4. The van der Waals surface area contributed by atoms with Gasteiger partial charge in [-0.05, 0) is 60.5 Å². The van der Waals surface area contributed by atoms with Gasteiger partial charge in [0, 0.05) is 5.56 Å². The van der Waals surface area contributed by atoms with Crippen molar-refractivity contribution in [2.45, 2.75) is 24.3 Å². The average molecular weight is 386 g/mol. The van der Waals surface area contributed by atoms with Crippen LogP contribution in [-0.2, 0) is 4.79 Å². The molecule has 7 heteroatoms. The fourth-order valence-electron chi connectivity index (χ4n) is 3.11. The van der Waals surface area contributed by atoms with Crippen LogP contribution in [0.3, 0.4) is 0 Å². The van der Waals surface area contributed by atoms with E-state index in [0.29, 0.717) is 0 Å². The van der Waals surface area contributed by atoms with Crippen molar-refractivity contribution in [1.29, 1.82) is 0 Å². The lowest BCUT2D eigenvalue weighted by Crippen LogP contribution is -2.22. The molecular formula is C19H19N3O2S2. The fourth-order valence-corrected chi connectivity index (χ4v) is 5.19. The van der Waals surface area contributed by atoms with E-state index in [-0.39, 0.29) is 16.4 Å². The first kappa shape index (κ1) is 17.2. The molecule has 5 nitrogen and oxygen atoms in total. The third kappa shape index (κ3) is 2.91. The highest BCUT2D eigenvalue weighted by Gasteiger charge is 2.34. The van der Waals surface area contributed by atoms with E-state index in [9.17, 15) is 4.79 Å². The van der Waals surface area contributed by atoms with Gasteiger partial charge >= 0.3 is 0 Å². The second kappa shape index (κ2) is 6.81. The van der Waals surface area contributed by atoms with E-state index in [2.05, 4.69) is 22.1 Å². The Labute approximate surface area is 160 Å². The number of hydrogen-bond acceptors (Lipinski definition) is 5. The van der Waals surface area contributed by atoms with Gasteiger partial charge < -0.3 is 10.1 Å². The molecule has 0 saturated heterocycles. The summed E-state index contributed by atoms with van der Waals surface area (Å²) in [5, 5.41) is 12.0. The van der Waals surface area contributed by atoms with Gasteiger partial charge in [0.25, 0.3) is 0 Å². The maximum absolute atomic E-state index is 12.6. The van der Waals surface area contributed by atoms with Crippen molar-refractivity contribution < 1.29 is 9.53 Å². The van der Waals surface area contributed by atoms with E-state index in [4.69, 9.17) is 9.84 Å². The molecule has 4 rings (SSSR count). The number of thioether (sulfide) groups is 1. The lowest BCUT2D eigenvalue weighted by atomic mass is 10.1. The second-order valence-corrected chi connectivity index (χ2v) is 8.39. The smallest absolute Gasteiger partial charge is 0.238 e. The molecule has 1 N–H and O–H groups in total. The number of thiophene rings is 1. The third-order valence-corrected chi connectivity index (χ3v) is 6.59. The number of fused-ring (bicyclic) bond motifs is 1. The van der Waals surface area contributed by atoms with Crippen LogP contribution in [0.25, 0.3) is 5.69 Å². The number of carbonyl (C=O) groups excluding carboxylic acids is 1. The van der Waals surface area contributed by atoms with Crippen molar-refractivity contribution in [1.82, 2.24) is 9.78 Å². The number of rotatable bonds is 3. The lowest BCUT2D eigenvalue weighted by molar-refractivity contribution is -0.115. The number of aryl methyl sites for hydroxylation is 1. The molecule has 1 aromatic carbocycles. The lowest BCUT2D eigenvalue weighted by Gasteiger charge is -2.15. The highest BCUT2D eigenvalue weighted by molar-refractivity contribution is 8.01. The van der Waals surface area contributed by atoms with Gasteiger partial charge in [-0.15, -0.1) is 11.8 Å². The molecule has 0 unspecified atom stereocenters. The molecule has 1 amide bonds. The SMILES string of the molecule is COc1ccc(-n2nc(C)c3c2NC(=O)[C@H](C)S[C@@H]3c2ccsc2)cc1. The van der Waals surface area contributed by atoms with Gasteiger partial charge in [-0.3, -0.25) is 4.79 Å². The Bertz CT molecular complexity index is 933. The van der Waals surface area contributed by atoms with Gasteiger partial charge in [0.2, 0.25) is 5.91 Å². The molecule has 1 aliphatic rings. The van der Waals surface area contributed by atoms with Crippen LogP contribution < -0.4 is 10.1 Å². The van der Waals surface area contributed by atoms with Crippen molar-refractivity contribution >= 4 is 34.8 Å². The minimum absolute atomic E-state index is 0.00337. The van der Waals surface area contributed by atoms with E-state index in [1.54, 1.807) is 30.2 Å². The van der Waals surface area contributed by atoms with E-state index >= 15 is 0 Å². The molecule has 0 fully saturated rings. The number of methoxy groups -OCH3 is 1. The predicted octanol–water partition coefficient (Wildman–Crippen LogP) is 4.41. The van der Waals surface area contributed by atoms with Gasteiger partial charge in [0.1, 0.15) is 11.6 Å². The largest absolute Gasteiger partial charge is 0.497 e. The van der Waals surface area contributed by atoms with Gasteiger partial charge in [-0.1, -0.05) is 0 Å². The normalized spacial score (nSPS) is 19.6. The number of benzene rings is 1. The zero-order chi connectivity index (χ0) is 18.3. The first-order chi connectivity index (χ1) is 12.6. The molecule has 0 aliphatic carbocycles. The van der Waals surface area contributed by atoms with Gasteiger partial charge in [-0.25, -0.2) is 4.68 Å². The molecular weight excluding hydrogens is 366 g/mol. The summed E-state index contributed by atoms with van der Waals surface area (Å²) in [6.45, 7) is 3.95. The summed E-state index contributed by atoms with van der Waals surface area (Å²) in [6.07, 6.45) is 0. The first-order valence-electron chi connectivity index (χ1n) is 8.31. The molecule has 0 saturated carbocycles. The summed E-state index contributed by atoms with van der Waals surface area (Å²) in [5.74, 6) is 1.54. The average Bonchev–Trinajstić information content (AvgIpc) is 3.26. The summed E-state index contributed by atoms with van der Waals surface area (Å²) in [6, 6.07) is 9.80. The molecule has 26 heavy (non-hydrogen) atoms. The van der Waals surface area contributed by atoms with Crippen LogP contribution in [0.2, 0.25) is 0 Å². The van der Waals surface area contributed by atoms with Crippen LogP contribution in [0.1, 0.15) is 29.0 Å². The monoisotopic (exact) mass is 385 g/mol. The van der Waals surface area contributed by atoms with Gasteiger partial charge in [-0.2, -0.15) is 16.4 Å². The number of nitrogens with zero attached hydrogens (tertiary/aromatic N) is 2. The Hall–Kier alpha value is -2.25. The maximum Gasteiger partial charge on any atom is 0.238 e. The Kier molecular flexibility index (Phi) is 4.50. The van der Waals surface area contributed by atoms with Crippen molar-refractivity contribution in [2.75, 3.05) is 12.4 Å². The molecule has 1 aliphatic heterocycles. The Morgan fingerprint density at radius 1 is 1.23 bits per heavy atom. The summed E-state index contributed by atoms with van der Waals surface area (Å²) >= 11 is 3.34. The number of hydrogen-bond donors (Lipinski definition) is 1. The minimum Gasteiger partial charge on any atom is -0.497 e. The highest BCUT2D eigenvalue weighted by atomic mass is 32.2. The molecule has 3 aromatic rings. The molecule has 2 aromatic heterocycles. The molecule has 0 bridgehead atoms. The number of nitrogens with one attached hydrogen (secondary N) is 1. The maximum atomic E-state index is 12.6. The van der Waals surface area contributed by atoms with Crippen molar-refractivity contribution in [3.63, 3.8) is 0 Å². The first-order valence-corrected chi connectivity index (χ1v) is 10.2. The van der Waals surface area contributed by atoms with Crippen molar-refractivity contribution in [2.24, 2.45) is 0 Å². The minimum atomic E-state index is -0.143. The quantitative estimate of drug-likeness (QED) is 0.725. The van der Waals surface area contributed by atoms with Crippen LogP contribution in [-0.4, -0.2) is 28.0 Å². The van der Waals surface area contributed by atoms with Crippen molar-refractivity contribution in [3.05, 3.63) is 57.9 Å². The molecule has 134 valence electrons. The van der Waals surface area contributed by atoms with Crippen LogP contribution in [0.15, 0.2) is 41.1 Å². The number of anilines is 1. The third-order valence-electron chi connectivity index (χ3n) is 4.48. The standard InChI is InChI=1S/C19H19N3O2S2/c1-11-16-17(13-8-9-25-10-13)26-12(2)19(23)20-18(16)22(21-11)14-4-6-15(24-3)7-5-14/h4-10,12,17H,1-3H3,(H,20,23)/t12-,17+/m0/s1. The van der Waals surface area contributed by atoms with E-state index in [1.807, 2.05) is 42.8 Å². The van der Waals surface area contributed by atoms with Crippen LogP contribution in [0, 0.1) is 6.92 Å². The van der Waals surface area contributed by atoms with E-state index < -0.39 is 0 Å². The summed E-state index contributed by atoms with van der Waals surface area (Å²) in [4.78, 5) is 12.6. The van der Waals surface area contributed by atoms with E-state index in [0.717, 1.165) is 28.5 Å². The van der Waals surface area contributed by atoms with Crippen LogP contribution in [0.5, 0.6) is 5.75 Å². The zero-order valence-electron chi connectivity index (χ0n) is 14.7. The van der Waals surface area contributed by atoms with E-state index in [1.165, 1.54) is 5.56 Å². The summed E-state index contributed by atoms with van der Waals surface area (Å²) in [5.41, 5.74) is 4.09. The Morgan fingerprint density at radius 2 is 2.00 bits per heavy atom. The number of carbonyl (C=O) groups is 1. The fraction of sp³-hybridized carbons (Fsp3) is 0.263. The Morgan fingerprint density at radius 3 is 2.65 bits per heavy atom. The summed E-state index contributed by atoms with van der Waals surface area (Å²) < 4.78 is 7.06. The Balaban J connectivity index is 1.87. The van der Waals surface area contributed by atoms with Crippen LogP contribution >= 0.6 is 23.1 Å². The van der Waals surface area contributed by atoms with Crippen LogP contribution in [0.4, 0.5) is 5.82 Å². The molecule has 2 atom stereocenters.